The molecule has 2 heterocycles. The van der Waals surface area contributed by atoms with E-state index in [1.165, 1.54) is 30.0 Å². The second kappa shape index (κ2) is 6.09. The predicted octanol–water partition coefficient (Wildman–Crippen LogP) is 3.45. The molecule has 3 aromatic rings. The quantitative estimate of drug-likeness (QED) is 0.677. The smallest absolute Gasteiger partial charge is 0.300 e. The van der Waals surface area contributed by atoms with Gasteiger partial charge in [-0.2, -0.15) is 0 Å². The molecule has 0 spiro atoms. The molecule has 0 aliphatic heterocycles. The predicted molar refractivity (Wildman–Crippen MR) is 87.4 cm³/mol. The second-order valence-electron chi connectivity index (χ2n) is 4.85. The van der Waals surface area contributed by atoms with E-state index in [-0.39, 0.29) is 11.7 Å². The van der Waals surface area contributed by atoms with Gasteiger partial charge in [0.1, 0.15) is 16.9 Å². The first-order chi connectivity index (χ1) is 11.0. The van der Waals surface area contributed by atoms with Gasteiger partial charge in [-0.3, -0.25) is 10.1 Å². The molecule has 2 aromatic heterocycles. The number of aromatic nitrogens is 2. The number of thiazole rings is 1. The Hall–Kier alpha value is -2.87. The molecule has 23 heavy (non-hydrogen) atoms. The molecule has 3 N–H and O–H groups in total. The summed E-state index contributed by atoms with van der Waals surface area (Å²) in [4.78, 5) is 20.8. The van der Waals surface area contributed by atoms with Crippen LogP contribution in [0.5, 0.6) is 5.75 Å². The van der Waals surface area contributed by atoms with E-state index in [2.05, 4.69) is 20.6 Å². The van der Waals surface area contributed by atoms with Crippen molar-refractivity contribution in [2.45, 2.75) is 13.8 Å². The van der Waals surface area contributed by atoms with E-state index in [4.69, 9.17) is 4.42 Å². The summed E-state index contributed by atoms with van der Waals surface area (Å²) in [5.41, 5.74) is 2.10. The second-order valence-corrected chi connectivity index (χ2v) is 5.88. The van der Waals surface area contributed by atoms with Crippen LogP contribution in [0.1, 0.15) is 20.8 Å². The van der Waals surface area contributed by atoms with Gasteiger partial charge in [0.05, 0.1) is 18.1 Å². The van der Waals surface area contributed by atoms with E-state index in [1.807, 2.05) is 6.92 Å². The van der Waals surface area contributed by atoms with Crippen molar-refractivity contribution in [1.82, 2.24) is 9.97 Å². The van der Waals surface area contributed by atoms with Gasteiger partial charge >= 0.3 is 6.01 Å². The van der Waals surface area contributed by atoms with Gasteiger partial charge in [0, 0.05) is 5.56 Å². The van der Waals surface area contributed by atoms with Crippen LogP contribution in [0, 0.1) is 13.8 Å². The van der Waals surface area contributed by atoms with Crippen molar-refractivity contribution in [1.29, 1.82) is 0 Å². The summed E-state index contributed by atoms with van der Waals surface area (Å²) < 4.78 is 5.06. The van der Waals surface area contributed by atoms with Crippen LogP contribution in [0.2, 0.25) is 0 Å². The standard InChI is InChI=1S/C15H14N4O3S/c1-8-3-4-10(20)9(2)12(8)18-13(21)11-7-17-15(23-11)19-14-16-5-6-22-14/h3-7,20H,1-2H3,(H,18,21)(H,16,17,19). The van der Waals surface area contributed by atoms with E-state index in [9.17, 15) is 9.90 Å². The molecule has 1 aromatic carbocycles. The van der Waals surface area contributed by atoms with Gasteiger partial charge in [-0.15, -0.1) is 0 Å². The summed E-state index contributed by atoms with van der Waals surface area (Å²) in [6, 6.07) is 3.66. The lowest BCUT2D eigenvalue weighted by molar-refractivity contribution is 0.103. The Balaban J connectivity index is 1.77. The lowest BCUT2D eigenvalue weighted by Gasteiger charge is -2.11. The summed E-state index contributed by atoms with van der Waals surface area (Å²) in [6.07, 6.45) is 4.42. The summed E-state index contributed by atoms with van der Waals surface area (Å²) >= 11 is 1.18. The van der Waals surface area contributed by atoms with Gasteiger partial charge in [-0.25, -0.2) is 9.97 Å². The zero-order chi connectivity index (χ0) is 16.4. The number of benzene rings is 1. The molecule has 0 saturated heterocycles. The molecule has 0 radical (unpaired) electrons. The minimum atomic E-state index is -0.292. The molecule has 0 unspecified atom stereocenters. The van der Waals surface area contributed by atoms with Crippen LogP contribution in [0.15, 0.2) is 35.2 Å². The number of hydrogen-bond acceptors (Lipinski definition) is 7. The third kappa shape index (κ3) is 3.16. The van der Waals surface area contributed by atoms with Crippen molar-refractivity contribution >= 4 is 34.1 Å². The number of carbonyl (C=O) groups is 1. The van der Waals surface area contributed by atoms with Crippen molar-refractivity contribution in [3.63, 3.8) is 0 Å². The molecular formula is C15H14N4O3S. The Labute approximate surface area is 136 Å². The average molecular weight is 330 g/mol. The van der Waals surface area contributed by atoms with Gasteiger partial charge in [0.2, 0.25) is 0 Å². The van der Waals surface area contributed by atoms with Gasteiger partial charge in [-0.1, -0.05) is 17.4 Å². The zero-order valence-electron chi connectivity index (χ0n) is 12.5. The molecular weight excluding hydrogens is 316 g/mol. The van der Waals surface area contributed by atoms with E-state index in [1.54, 1.807) is 19.1 Å². The maximum Gasteiger partial charge on any atom is 0.300 e. The molecule has 0 atom stereocenters. The number of anilines is 3. The molecule has 0 aliphatic rings. The van der Waals surface area contributed by atoms with Gasteiger partial charge in [0.15, 0.2) is 5.13 Å². The van der Waals surface area contributed by atoms with Crippen LogP contribution < -0.4 is 10.6 Å². The number of phenols is 1. The first-order valence-corrected chi connectivity index (χ1v) is 7.59. The van der Waals surface area contributed by atoms with Crippen LogP contribution in [0.4, 0.5) is 16.8 Å². The van der Waals surface area contributed by atoms with Crippen molar-refractivity contribution in [2.24, 2.45) is 0 Å². The highest BCUT2D eigenvalue weighted by molar-refractivity contribution is 7.17. The number of oxazole rings is 1. The van der Waals surface area contributed by atoms with Crippen LogP contribution in [0.3, 0.4) is 0 Å². The maximum absolute atomic E-state index is 12.4. The topological polar surface area (TPSA) is 100 Å². The van der Waals surface area contributed by atoms with Gasteiger partial charge in [-0.05, 0) is 25.5 Å². The summed E-state index contributed by atoms with van der Waals surface area (Å²) in [5, 5.41) is 15.9. The highest BCUT2D eigenvalue weighted by Gasteiger charge is 2.15. The van der Waals surface area contributed by atoms with E-state index < -0.39 is 0 Å². The lowest BCUT2D eigenvalue weighted by atomic mass is 10.1. The minimum Gasteiger partial charge on any atom is -0.508 e. The number of phenolic OH excluding ortho intramolecular Hbond substituents is 1. The lowest BCUT2D eigenvalue weighted by Crippen LogP contribution is -2.12. The maximum atomic E-state index is 12.4. The van der Waals surface area contributed by atoms with Crippen molar-refractivity contribution in [3.8, 4) is 5.75 Å². The molecule has 1 amide bonds. The van der Waals surface area contributed by atoms with Gasteiger partial charge in [0.25, 0.3) is 5.91 Å². The van der Waals surface area contributed by atoms with Crippen LogP contribution >= 0.6 is 11.3 Å². The van der Waals surface area contributed by atoms with Gasteiger partial charge < -0.3 is 14.8 Å². The Morgan fingerprint density at radius 1 is 1.30 bits per heavy atom. The molecule has 8 heteroatoms. The van der Waals surface area contributed by atoms with Crippen molar-refractivity contribution < 1.29 is 14.3 Å². The normalized spacial score (nSPS) is 10.5. The number of rotatable bonds is 4. The SMILES string of the molecule is Cc1ccc(O)c(C)c1NC(=O)c1cnc(Nc2ncco2)s1. The fourth-order valence-corrected chi connectivity index (χ4v) is 2.72. The molecule has 118 valence electrons. The first kappa shape index (κ1) is 15.0. The Bertz CT molecular complexity index is 843. The number of nitrogens with one attached hydrogen (secondary N) is 2. The minimum absolute atomic E-state index is 0.140. The summed E-state index contributed by atoms with van der Waals surface area (Å²) in [5.74, 6) is -0.152. The fourth-order valence-electron chi connectivity index (χ4n) is 2.02. The zero-order valence-corrected chi connectivity index (χ0v) is 13.3. The Morgan fingerprint density at radius 2 is 2.13 bits per heavy atom. The molecule has 0 bridgehead atoms. The molecule has 0 fully saturated rings. The van der Waals surface area contributed by atoms with Crippen LogP contribution in [0.25, 0.3) is 0 Å². The Kier molecular flexibility index (Phi) is 3.98. The van der Waals surface area contributed by atoms with E-state index >= 15 is 0 Å². The summed E-state index contributed by atoms with van der Waals surface area (Å²) in [7, 11) is 0. The monoisotopic (exact) mass is 330 g/mol. The number of aryl methyl sites for hydroxylation is 1. The number of carbonyl (C=O) groups excluding carboxylic acids is 1. The fraction of sp³-hybridized carbons (Fsp3) is 0.133. The third-order valence-electron chi connectivity index (χ3n) is 3.26. The number of nitrogens with zero attached hydrogens (tertiary/aromatic N) is 2. The van der Waals surface area contributed by atoms with Crippen molar-refractivity contribution in [2.75, 3.05) is 10.6 Å². The average Bonchev–Trinajstić information content (AvgIpc) is 3.20. The van der Waals surface area contributed by atoms with Crippen LogP contribution in [-0.4, -0.2) is 21.0 Å². The molecule has 0 aliphatic carbocycles. The van der Waals surface area contributed by atoms with Crippen LogP contribution in [-0.2, 0) is 0 Å². The Morgan fingerprint density at radius 3 is 2.87 bits per heavy atom. The largest absolute Gasteiger partial charge is 0.508 e. The number of hydrogen-bond donors (Lipinski definition) is 3. The van der Waals surface area contributed by atoms with E-state index in [0.717, 1.165) is 5.56 Å². The highest BCUT2D eigenvalue weighted by atomic mass is 32.1. The van der Waals surface area contributed by atoms with E-state index in [0.29, 0.717) is 27.3 Å². The molecule has 3 rings (SSSR count). The first-order valence-electron chi connectivity index (χ1n) is 6.77. The third-order valence-corrected chi connectivity index (χ3v) is 4.17. The number of amides is 1. The molecule has 0 saturated carbocycles. The number of aromatic hydroxyl groups is 1. The van der Waals surface area contributed by atoms with Crippen molar-refractivity contribution in [3.05, 3.63) is 46.8 Å². The highest BCUT2D eigenvalue weighted by Crippen LogP contribution is 2.29. The molecule has 7 nitrogen and oxygen atoms in total. The summed E-state index contributed by atoms with van der Waals surface area (Å²) in [6.45, 7) is 3.62.